The van der Waals surface area contributed by atoms with Gasteiger partial charge in [0, 0.05) is 50.4 Å². The maximum absolute atomic E-state index is 14.0. The zero-order valence-corrected chi connectivity index (χ0v) is 11.9. The van der Waals surface area contributed by atoms with E-state index < -0.39 is 0 Å². The number of nitrogens with two attached hydrogens (primary N) is 1. The van der Waals surface area contributed by atoms with E-state index in [9.17, 15) is 4.39 Å². The van der Waals surface area contributed by atoms with Crippen LogP contribution in [0, 0.1) is 5.82 Å². The third kappa shape index (κ3) is 4.13. The van der Waals surface area contributed by atoms with E-state index >= 15 is 0 Å². The summed E-state index contributed by atoms with van der Waals surface area (Å²) in [6.07, 6.45) is 0. The fraction of sp³-hybridized carbons (Fsp3) is 0.500. The standard InChI is InChI=1S/C14H21FN4O2/c15-13-9-11(14(16)17-21)1-2-12(13)10-19-5-3-18(4-6-19)7-8-20/h1-2,9,20-21H,3-8,10H2,(H2,16,17). The van der Waals surface area contributed by atoms with Crippen LogP contribution in [0.4, 0.5) is 4.39 Å². The first-order valence-corrected chi connectivity index (χ1v) is 6.96. The summed E-state index contributed by atoms with van der Waals surface area (Å²) in [7, 11) is 0. The average Bonchev–Trinajstić information content (AvgIpc) is 2.50. The van der Waals surface area contributed by atoms with Gasteiger partial charge < -0.3 is 16.0 Å². The van der Waals surface area contributed by atoms with Crippen LogP contribution in [0.5, 0.6) is 0 Å². The van der Waals surface area contributed by atoms with Gasteiger partial charge in [-0.15, -0.1) is 0 Å². The monoisotopic (exact) mass is 296 g/mol. The van der Waals surface area contributed by atoms with Crippen LogP contribution in [0.15, 0.2) is 23.4 Å². The number of nitrogens with zero attached hydrogens (tertiary/aromatic N) is 3. The highest BCUT2D eigenvalue weighted by Crippen LogP contribution is 2.14. The molecule has 4 N–H and O–H groups in total. The maximum atomic E-state index is 14.0. The molecule has 6 nitrogen and oxygen atoms in total. The van der Waals surface area contributed by atoms with Crippen molar-refractivity contribution in [2.24, 2.45) is 10.9 Å². The van der Waals surface area contributed by atoms with Crippen LogP contribution in [-0.4, -0.2) is 65.3 Å². The van der Waals surface area contributed by atoms with Gasteiger partial charge in [0.05, 0.1) is 6.61 Å². The zero-order chi connectivity index (χ0) is 15.2. The van der Waals surface area contributed by atoms with E-state index in [0.717, 1.165) is 26.2 Å². The SMILES string of the molecule is N/C(=N\O)c1ccc(CN2CCN(CCO)CC2)c(F)c1. The Labute approximate surface area is 123 Å². The van der Waals surface area contributed by atoms with Gasteiger partial charge in [0.25, 0.3) is 0 Å². The summed E-state index contributed by atoms with van der Waals surface area (Å²) in [5.41, 5.74) is 6.40. The lowest BCUT2D eigenvalue weighted by Crippen LogP contribution is -2.46. The molecule has 0 aliphatic carbocycles. The third-order valence-corrected chi connectivity index (χ3v) is 3.73. The molecule has 1 aromatic rings. The molecule has 0 unspecified atom stereocenters. The number of halogens is 1. The van der Waals surface area contributed by atoms with Crippen LogP contribution in [0.25, 0.3) is 0 Å². The van der Waals surface area contributed by atoms with Crippen molar-refractivity contribution in [2.75, 3.05) is 39.3 Å². The summed E-state index contributed by atoms with van der Waals surface area (Å²) in [5.74, 6) is -0.449. The number of amidine groups is 1. The van der Waals surface area contributed by atoms with Gasteiger partial charge in [0.1, 0.15) is 5.82 Å². The topological polar surface area (TPSA) is 85.3 Å². The lowest BCUT2D eigenvalue weighted by atomic mass is 10.1. The number of hydrogen-bond donors (Lipinski definition) is 3. The van der Waals surface area contributed by atoms with Gasteiger partial charge in [-0.05, 0) is 6.07 Å². The van der Waals surface area contributed by atoms with Crippen molar-refractivity contribution in [1.82, 2.24) is 9.80 Å². The van der Waals surface area contributed by atoms with Crippen molar-refractivity contribution in [3.05, 3.63) is 35.1 Å². The third-order valence-electron chi connectivity index (χ3n) is 3.73. The molecule has 0 atom stereocenters. The van der Waals surface area contributed by atoms with Gasteiger partial charge in [-0.2, -0.15) is 0 Å². The van der Waals surface area contributed by atoms with Gasteiger partial charge >= 0.3 is 0 Å². The fourth-order valence-corrected chi connectivity index (χ4v) is 2.45. The second-order valence-electron chi connectivity index (χ2n) is 5.13. The smallest absolute Gasteiger partial charge is 0.170 e. The average molecular weight is 296 g/mol. The summed E-state index contributed by atoms with van der Waals surface area (Å²) < 4.78 is 14.0. The van der Waals surface area contributed by atoms with E-state index in [-0.39, 0.29) is 18.3 Å². The first-order valence-electron chi connectivity index (χ1n) is 6.96. The molecule has 1 heterocycles. The van der Waals surface area contributed by atoms with Crippen molar-refractivity contribution in [3.8, 4) is 0 Å². The number of oxime groups is 1. The van der Waals surface area contributed by atoms with Crippen LogP contribution in [0.1, 0.15) is 11.1 Å². The molecule has 1 aromatic carbocycles. The number of aliphatic hydroxyl groups is 1. The molecule has 0 amide bonds. The Bertz CT molecular complexity index is 502. The van der Waals surface area contributed by atoms with E-state index in [2.05, 4.69) is 15.0 Å². The number of β-amino-alcohol motifs (C(OH)–C–C–N with tert-alkyl or cyclic N) is 1. The molecule has 0 radical (unpaired) electrons. The molecule has 1 saturated heterocycles. The van der Waals surface area contributed by atoms with Crippen molar-refractivity contribution in [3.63, 3.8) is 0 Å². The second kappa shape index (κ2) is 7.35. The number of hydrogen-bond acceptors (Lipinski definition) is 5. The molecule has 116 valence electrons. The number of benzene rings is 1. The van der Waals surface area contributed by atoms with Gasteiger partial charge in [0.2, 0.25) is 0 Å². The highest BCUT2D eigenvalue weighted by molar-refractivity contribution is 5.97. The van der Waals surface area contributed by atoms with Crippen LogP contribution in [-0.2, 0) is 6.54 Å². The van der Waals surface area contributed by atoms with Crippen LogP contribution >= 0.6 is 0 Å². The maximum Gasteiger partial charge on any atom is 0.170 e. The predicted molar refractivity (Wildman–Crippen MR) is 77.7 cm³/mol. The summed E-state index contributed by atoms with van der Waals surface area (Å²) in [5, 5.41) is 20.4. The van der Waals surface area contributed by atoms with E-state index in [4.69, 9.17) is 16.0 Å². The summed E-state index contributed by atoms with van der Waals surface area (Å²) in [4.78, 5) is 4.36. The van der Waals surface area contributed by atoms with E-state index in [1.807, 2.05) is 0 Å². The van der Waals surface area contributed by atoms with Gasteiger partial charge in [-0.1, -0.05) is 17.3 Å². The highest BCUT2D eigenvalue weighted by Gasteiger charge is 2.17. The van der Waals surface area contributed by atoms with Crippen LogP contribution in [0.2, 0.25) is 0 Å². The minimum Gasteiger partial charge on any atom is -0.409 e. The van der Waals surface area contributed by atoms with Crippen molar-refractivity contribution in [2.45, 2.75) is 6.54 Å². The molecule has 7 heteroatoms. The zero-order valence-electron chi connectivity index (χ0n) is 11.9. The van der Waals surface area contributed by atoms with E-state index in [0.29, 0.717) is 24.2 Å². The summed E-state index contributed by atoms with van der Waals surface area (Å²) in [6.45, 7) is 4.85. The molecule has 1 aliphatic heterocycles. The Balaban J connectivity index is 1.95. The Hall–Kier alpha value is -1.70. The number of rotatable bonds is 5. The quantitative estimate of drug-likeness (QED) is 0.309. The Morgan fingerprint density at radius 2 is 1.90 bits per heavy atom. The molecule has 1 aliphatic rings. The lowest BCUT2D eigenvalue weighted by molar-refractivity contribution is 0.108. The Kier molecular flexibility index (Phi) is 5.49. The second-order valence-corrected chi connectivity index (χ2v) is 5.13. The molecule has 0 spiro atoms. The van der Waals surface area contributed by atoms with Gasteiger partial charge in [0.15, 0.2) is 5.84 Å². The van der Waals surface area contributed by atoms with E-state index in [1.165, 1.54) is 6.07 Å². The first kappa shape index (κ1) is 15.7. The first-order chi connectivity index (χ1) is 10.1. The molecule has 0 bridgehead atoms. The van der Waals surface area contributed by atoms with Gasteiger partial charge in [-0.3, -0.25) is 9.80 Å². The number of aliphatic hydroxyl groups excluding tert-OH is 1. The van der Waals surface area contributed by atoms with E-state index in [1.54, 1.807) is 12.1 Å². The Morgan fingerprint density at radius 3 is 2.48 bits per heavy atom. The predicted octanol–water partition coefficient (Wildman–Crippen LogP) is 0.0301. The molecule has 0 saturated carbocycles. The normalized spacial score (nSPS) is 18.1. The summed E-state index contributed by atoms with van der Waals surface area (Å²) in [6, 6.07) is 4.60. The highest BCUT2D eigenvalue weighted by atomic mass is 19.1. The van der Waals surface area contributed by atoms with Gasteiger partial charge in [-0.25, -0.2) is 4.39 Å². The molecule has 21 heavy (non-hydrogen) atoms. The van der Waals surface area contributed by atoms with Crippen molar-refractivity contribution >= 4 is 5.84 Å². The minimum atomic E-state index is -0.350. The molecular weight excluding hydrogens is 275 g/mol. The van der Waals surface area contributed by atoms with Crippen molar-refractivity contribution in [1.29, 1.82) is 0 Å². The Morgan fingerprint density at radius 1 is 1.24 bits per heavy atom. The van der Waals surface area contributed by atoms with Crippen molar-refractivity contribution < 1.29 is 14.7 Å². The fourth-order valence-electron chi connectivity index (χ4n) is 2.45. The molecule has 0 aromatic heterocycles. The summed E-state index contributed by atoms with van der Waals surface area (Å²) >= 11 is 0. The number of piperazine rings is 1. The van der Waals surface area contributed by atoms with Crippen LogP contribution in [0.3, 0.4) is 0 Å². The van der Waals surface area contributed by atoms with Crippen LogP contribution < -0.4 is 5.73 Å². The molecule has 2 rings (SSSR count). The molecule has 1 fully saturated rings. The molecular formula is C14H21FN4O2. The lowest BCUT2D eigenvalue weighted by Gasteiger charge is -2.34. The largest absolute Gasteiger partial charge is 0.409 e. The minimum absolute atomic E-state index is 0.0990.